The van der Waals surface area contributed by atoms with E-state index >= 15 is 0 Å². The van der Waals surface area contributed by atoms with Gasteiger partial charge >= 0.3 is 0 Å². The summed E-state index contributed by atoms with van der Waals surface area (Å²) in [5, 5.41) is 4.58. The van der Waals surface area contributed by atoms with Crippen molar-refractivity contribution in [3.8, 4) is 22.9 Å². The zero-order valence-electron chi connectivity index (χ0n) is 17.1. The Morgan fingerprint density at radius 2 is 1.90 bits per heavy atom. The third kappa shape index (κ3) is 4.26. The largest absolute Gasteiger partial charge is 0.493 e. The van der Waals surface area contributed by atoms with E-state index in [0.717, 1.165) is 6.42 Å². The van der Waals surface area contributed by atoms with Crippen molar-refractivity contribution < 1.29 is 22.4 Å². The lowest BCUT2D eigenvalue weighted by Crippen LogP contribution is -2.39. The van der Waals surface area contributed by atoms with E-state index < -0.39 is 10.0 Å². The average molecular weight is 464 g/mol. The van der Waals surface area contributed by atoms with Crippen LogP contribution in [0.2, 0.25) is 5.02 Å². The maximum atomic E-state index is 13.0. The standard InChI is InChI=1S/C21H22ClN3O5S/c1-28-18-7-3-6-17(19(18)29-2)20-23-21(30-24-20)14-5-4-12-25(13-14)31(26,27)16-10-8-15(22)9-11-16/h3,6-11,14H,4-5,12-13H2,1-2H3/t14-/m1/s1. The van der Waals surface area contributed by atoms with E-state index in [1.165, 1.54) is 16.4 Å². The second-order valence-electron chi connectivity index (χ2n) is 7.15. The topological polar surface area (TPSA) is 94.8 Å². The van der Waals surface area contributed by atoms with Crippen LogP contribution in [0.3, 0.4) is 0 Å². The summed E-state index contributed by atoms with van der Waals surface area (Å²) in [5.74, 6) is 1.63. The first kappa shape index (κ1) is 21.6. The molecule has 10 heteroatoms. The van der Waals surface area contributed by atoms with E-state index in [0.29, 0.717) is 46.8 Å². The molecule has 8 nitrogen and oxygen atoms in total. The van der Waals surface area contributed by atoms with Gasteiger partial charge in [-0.15, -0.1) is 0 Å². The van der Waals surface area contributed by atoms with Crippen LogP contribution in [-0.4, -0.2) is 50.2 Å². The highest BCUT2D eigenvalue weighted by atomic mass is 35.5. The molecule has 3 aromatic rings. The Hall–Kier alpha value is -2.62. The fourth-order valence-electron chi connectivity index (χ4n) is 3.69. The van der Waals surface area contributed by atoms with Gasteiger partial charge in [0.1, 0.15) is 0 Å². The molecule has 0 amide bonds. The Balaban J connectivity index is 1.58. The Labute approximate surface area is 185 Å². The molecule has 1 saturated heterocycles. The monoisotopic (exact) mass is 463 g/mol. The molecule has 1 atom stereocenters. The predicted octanol–water partition coefficient (Wildman–Crippen LogP) is 3.98. The number of methoxy groups -OCH3 is 2. The number of aromatic nitrogens is 2. The van der Waals surface area contributed by atoms with E-state index in [4.69, 9.17) is 25.6 Å². The number of benzene rings is 2. The number of piperidine rings is 1. The maximum absolute atomic E-state index is 13.0. The van der Waals surface area contributed by atoms with Gasteiger partial charge in [0.2, 0.25) is 21.7 Å². The first-order valence-corrected chi connectivity index (χ1v) is 11.6. The summed E-state index contributed by atoms with van der Waals surface area (Å²) in [7, 11) is -0.535. The lowest BCUT2D eigenvalue weighted by atomic mass is 10.00. The van der Waals surface area contributed by atoms with Crippen molar-refractivity contribution in [1.82, 2.24) is 14.4 Å². The highest BCUT2D eigenvalue weighted by Gasteiger charge is 2.33. The minimum atomic E-state index is -3.64. The lowest BCUT2D eigenvalue weighted by molar-refractivity contribution is 0.265. The number of hydrogen-bond acceptors (Lipinski definition) is 7. The van der Waals surface area contributed by atoms with E-state index in [9.17, 15) is 8.42 Å². The van der Waals surface area contributed by atoms with Crippen molar-refractivity contribution in [3.63, 3.8) is 0 Å². The highest BCUT2D eigenvalue weighted by molar-refractivity contribution is 7.89. The maximum Gasteiger partial charge on any atom is 0.243 e. The number of hydrogen-bond donors (Lipinski definition) is 0. The molecule has 0 unspecified atom stereocenters. The van der Waals surface area contributed by atoms with E-state index in [1.54, 1.807) is 32.4 Å². The van der Waals surface area contributed by atoms with Crippen LogP contribution < -0.4 is 9.47 Å². The zero-order valence-corrected chi connectivity index (χ0v) is 18.7. The van der Waals surface area contributed by atoms with Gasteiger partial charge in [-0.25, -0.2) is 8.42 Å². The third-order valence-corrected chi connectivity index (χ3v) is 7.40. The van der Waals surface area contributed by atoms with E-state index in [-0.39, 0.29) is 17.4 Å². The van der Waals surface area contributed by atoms with Gasteiger partial charge in [0.05, 0.1) is 30.6 Å². The number of sulfonamides is 1. The van der Waals surface area contributed by atoms with Crippen LogP contribution in [0, 0.1) is 0 Å². The molecule has 4 rings (SSSR count). The number of ether oxygens (including phenoxy) is 2. The molecule has 0 radical (unpaired) electrons. The summed E-state index contributed by atoms with van der Waals surface area (Å²) in [4.78, 5) is 4.75. The lowest BCUT2D eigenvalue weighted by Gasteiger charge is -2.30. The van der Waals surface area contributed by atoms with Crippen LogP contribution in [-0.2, 0) is 10.0 Å². The number of para-hydroxylation sites is 1. The predicted molar refractivity (Wildman–Crippen MR) is 115 cm³/mol. The zero-order chi connectivity index (χ0) is 22.0. The molecule has 1 aliphatic heterocycles. The molecule has 0 N–H and O–H groups in total. The normalized spacial score (nSPS) is 17.5. The van der Waals surface area contributed by atoms with Crippen molar-refractivity contribution >= 4 is 21.6 Å². The summed E-state index contributed by atoms with van der Waals surface area (Å²) in [6.45, 7) is 0.702. The number of halogens is 1. The molecule has 1 aliphatic rings. The summed E-state index contributed by atoms with van der Waals surface area (Å²) in [6, 6.07) is 11.6. The van der Waals surface area contributed by atoms with Crippen molar-refractivity contribution in [2.24, 2.45) is 0 Å². The highest BCUT2D eigenvalue weighted by Crippen LogP contribution is 2.37. The molecule has 2 heterocycles. The molecule has 1 aromatic heterocycles. The molecular weight excluding hydrogens is 442 g/mol. The fraction of sp³-hybridized carbons (Fsp3) is 0.333. The summed E-state index contributed by atoms with van der Waals surface area (Å²) >= 11 is 5.89. The van der Waals surface area contributed by atoms with Gasteiger partial charge in [-0.1, -0.05) is 22.8 Å². The second-order valence-corrected chi connectivity index (χ2v) is 9.53. The SMILES string of the molecule is COc1cccc(-c2noc([C@@H]3CCCN(S(=O)(=O)c4ccc(Cl)cc4)C3)n2)c1OC. The number of rotatable bonds is 6. The van der Waals surface area contributed by atoms with Gasteiger partial charge in [0.15, 0.2) is 11.5 Å². The summed E-state index contributed by atoms with van der Waals surface area (Å²) in [5.41, 5.74) is 0.637. The molecule has 0 aliphatic carbocycles. The Morgan fingerprint density at radius 3 is 2.61 bits per heavy atom. The van der Waals surface area contributed by atoms with Gasteiger partial charge in [0.25, 0.3) is 0 Å². The van der Waals surface area contributed by atoms with Gasteiger partial charge in [-0.2, -0.15) is 9.29 Å². The minimum absolute atomic E-state index is 0.200. The van der Waals surface area contributed by atoms with Crippen LogP contribution in [0.4, 0.5) is 0 Å². The smallest absolute Gasteiger partial charge is 0.243 e. The average Bonchev–Trinajstić information content (AvgIpc) is 3.29. The third-order valence-electron chi connectivity index (χ3n) is 5.27. The Morgan fingerprint density at radius 1 is 1.13 bits per heavy atom. The Kier molecular flexibility index (Phi) is 6.17. The van der Waals surface area contributed by atoms with Crippen molar-refractivity contribution in [2.75, 3.05) is 27.3 Å². The molecular formula is C21H22ClN3O5S. The minimum Gasteiger partial charge on any atom is -0.493 e. The van der Waals surface area contributed by atoms with E-state index in [1.807, 2.05) is 12.1 Å². The fourth-order valence-corrected chi connectivity index (χ4v) is 5.34. The van der Waals surface area contributed by atoms with Gasteiger partial charge < -0.3 is 14.0 Å². The molecule has 0 saturated carbocycles. The van der Waals surface area contributed by atoms with Crippen LogP contribution in [0.15, 0.2) is 51.9 Å². The van der Waals surface area contributed by atoms with E-state index in [2.05, 4.69) is 10.1 Å². The van der Waals surface area contributed by atoms with Crippen LogP contribution in [0.25, 0.3) is 11.4 Å². The first-order valence-electron chi connectivity index (χ1n) is 9.74. The molecule has 0 bridgehead atoms. The van der Waals surface area contributed by atoms with Crippen molar-refractivity contribution in [3.05, 3.63) is 53.4 Å². The molecule has 0 spiro atoms. The van der Waals surface area contributed by atoms with Crippen LogP contribution in [0.1, 0.15) is 24.7 Å². The van der Waals surface area contributed by atoms with Crippen molar-refractivity contribution in [2.45, 2.75) is 23.7 Å². The van der Waals surface area contributed by atoms with Crippen molar-refractivity contribution in [1.29, 1.82) is 0 Å². The Bertz CT molecular complexity index is 1160. The summed E-state index contributed by atoms with van der Waals surface area (Å²) < 4.78 is 43.8. The summed E-state index contributed by atoms with van der Waals surface area (Å²) in [6.07, 6.45) is 1.45. The second kappa shape index (κ2) is 8.86. The molecule has 1 fully saturated rings. The quantitative estimate of drug-likeness (QED) is 0.545. The van der Waals surface area contributed by atoms with Crippen LogP contribution >= 0.6 is 11.6 Å². The molecule has 31 heavy (non-hydrogen) atoms. The molecule has 2 aromatic carbocycles. The molecule has 164 valence electrons. The number of nitrogens with zero attached hydrogens (tertiary/aromatic N) is 3. The van der Waals surface area contributed by atoms with Gasteiger partial charge in [-0.05, 0) is 49.2 Å². The van der Waals surface area contributed by atoms with Gasteiger partial charge in [0, 0.05) is 18.1 Å². The first-order chi connectivity index (χ1) is 14.9. The van der Waals surface area contributed by atoms with Gasteiger partial charge in [-0.3, -0.25) is 0 Å². The van der Waals surface area contributed by atoms with Crippen LogP contribution in [0.5, 0.6) is 11.5 Å².